The summed E-state index contributed by atoms with van der Waals surface area (Å²) in [6, 6.07) is 15.1. The Labute approximate surface area is 175 Å². The van der Waals surface area contributed by atoms with Crippen LogP contribution in [0.5, 0.6) is 0 Å². The van der Waals surface area contributed by atoms with Crippen LogP contribution in [0.1, 0.15) is 18.9 Å². The van der Waals surface area contributed by atoms with Crippen LogP contribution in [0, 0.1) is 0 Å². The molecule has 0 heterocycles. The van der Waals surface area contributed by atoms with Gasteiger partial charge >= 0.3 is 5.97 Å². The Morgan fingerprint density at radius 3 is 2.34 bits per heavy atom. The summed E-state index contributed by atoms with van der Waals surface area (Å²) in [5.74, 6) is -1.01. The first-order chi connectivity index (χ1) is 13.7. The molecule has 2 rings (SSSR count). The molecule has 0 bridgehead atoms. The van der Waals surface area contributed by atoms with Gasteiger partial charge in [0.1, 0.15) is 0 Å². The molecule has 0 aliphatic carbocycles. The molecule has 1 amide bonds. The quantitative estimate of drug-likeness (QED) is 0.607. The van der Waals surface area contributed by atoms with Gasteiger partial charge in [0, 0.05) is 25.2 Å². The lowest BCUT2D eigenvalue weighted by Crippen LogP contribution is -2.37. The summed E-state index contributed by atoms with van der Waals surface area (Å²) in [7, 11) is -2.13. The number of carbonyl (C=O) groups excluding carboxylic acids is 2. The van der Waals surface area contributed by atoms with Gasteiger partial charge in [0.2, 0.25) is 10.0 Å². The van der Waals surface area contributed by atoms with Crippen molar-refractivity contribution >= 4 is 33.5 Å². The van der Waals surface area contributed by atoms with Crippen LogP contribution in [0.3, 0.4) is 0 Å². The van der Waals surface area contributed by atoms with E-state index in [1.807, 2.05) is 30.3 Å². The zero-order valence-corrected chi connectivity index (χ0v) is 17.7. The number of ether oxygens (including phenoxy) is 1. The molecule has 0 saturated carbocycles. The fraction of sp³-hybridized carbons (Fsp3) is 0.300. The molecular formula is C20H23ClN2O5S. The van der Waals surface area contributed by atoms with Gasteiger partial charge in [-0.2, -0.15) is 0 Å². The zero-order chi connectivity index (χ0) is 21.4. The average Bonchev–Trinajstić information content (AvgIpc) is 2.68. The zero-order valence-electron chi connectivity index (χ0n) is 16.2. The van der Waals surface area contributed by atoms with Gasteiger partial charge in [-0.15, -0.1) is 0 Å². The number of hydrogen-bond donors (Lipinski definition) is 1. The van der Waals surface area contributed by atoms with Gasteiger partial charge in [-0.25, -0.2) is 13.1 Å². The summed E-state index contributed by atoms with van der Waals surface area (Å²) in [4.78, 5) is 25.8. The maximum absolute atomic E-state index is 12.4. The summed E-state index contributed by atoms with van der Waals surface area (Å²) in [5, 5.41) is 0.420. The molecule has 0 unspecified atom stereocenters. The molecule has 0 spiro atoms. The van der Waals surface area contributed by atoms with E-state index in [-0.39, 0.29) is 23.8 Å². The summed E-state index contributed by atoms with van der Waals surface area (Å²) < 4.78 is 31.7. The molecule has 7 nitrogen and oxygen atoms in total. The number of rotatable bonds is 9. The third kappa shape index (κ3) is 7.16. The first-order valence-electron chi connectivity index (χ1n) is 8.92. The first-order valence-corrected chi connectivity index (χ1v) is 10.8. The molecule has 1 N–H and O–H groups in total. The maximum atomic E-state index is 12.4. The van der Waals surface area contributed by atoms with Crippen molar-refractivity contribution in [1.82, 2.24) is 9.62 Å². The van der Waals surface area contributed by atoms with Crippen molar-refractivity contribution < 1.29 is 22.7 Å². The van der Waals surface area contributed by atoms with Crippen LogP contribution >= 0.6 is 11.6 Å². The van der Waals surface area contributed by atoms with E-state index in [1.165, 1.54) is 36.1 Å². The number of esters is 1. The van der Waals surface area contributed by atoms with Crippen LogP contribution in [0.25, 0.3) is 0 Å². The van der Waals surface area contributed by atoms with Gasteiger partial charge in [0.25, 0.3) is 5.91 Å². The topological polar surface area (TPSA) is 92.8 Å². The van der Waals surface area contributed by atoms with Gasteiger partial charge < -0.3 is 9.64 Å². The van der Waals surface area contributed by atoms with Crippen LogP contribution in [0.2, 0.25) is 5.02 Å². The van der Waals surface area contributed by atoms with Crippen LogP contribution in [-0.4, -0.2) is 44.9 Å². The highest BCUT2D eigenvalue weighted by Crippen LogP contribution is 2.14. The van der Waals surface area contributed by atoms with E-state index in [4.69, 9.17) is 16.3 Å². The molecule has 29 heavy (non-hydrogen) atoms. The number of nitrogens with one attached hydrogen (secondary N) is 1. The Hall–Kier alpha value is -2.42. The lowest BCUT2D eigenvalue weighted by Gasteiger charge is -2.21. The van der Waals surface area contributed by atoms with Crippen molar-refractivity contribution in [3.8, 4) is 0 Å². The lowest BCUT2D eigenvalue weighted by atomic mass is 10.2. The van der Waals surface area contributed by atoms with Crippen molar-refractivity contribution in [2.45, 2.75) is 30.9 Å². The normalized spacial score (nSPS) is 12.2. The van der Waals surface area contributed by atoms with Crippen LogP contribution in [0.15, 0.2) is 59.5 Å². The SMILES string of the molecule is C[C@@H](OC(=O)CCNS(=O)(=O)c1ccc(Cl)cc1)C(=O)N(C)Cc1ccccc1. The third-order valence-corrected chi connectivity index (χ3v) is 5.77. The Balaban J connectivity index is 1.79. The molecular weight excluding hydrogens is 416 g/mol. The van der Waals surface area contributed by atoms with E-state index >= 15 is 0 Å². The average molecular weight is 439 g/mol. The summed E-state index contributed by atoms with van der Waals surface area (Å²) >= 11 is 5.74. The van der Waals surface area contributed by atoms with Gasteiger partial charge in [0.15, 0.2) is 6.10 Å². The Kier molecular flexibility index (Phi) is 8.19. The Morgan fingerprint density at radius 2 is 1.72 bits per heavy atom. The fourth-order valence-electron chi connectivity index (χ4n) is 2.54. The molecule has 0 saturated heterocycles. The molecule has 0 aliphatic rings. The molecule has 0 aliphatic heterocycles. The molecule has 1 atom stereocenters. The number of halogens is 1. The van der Waals surface area contributed by atoms with Crippen LogP contribution < -0.4 is 4.72 Å². The number of hydrogen-bond acceptors (Lipinski definition) is 5. The van der Waals surface area contributed by atoms with Crippen LogP contribution in [-0.2, 0) is 30.9 Å². The fourth-order valence-corrected chi connectivity index (χ4v) is 3.69. The standard InChI is InChI=1S/C20H23ClN2O5S/c1-15(20(25)23(2)14-16-6-4-3-5-7-16)28-19(24)12-13-22-29(26,27)18-10-8-17(21)9-11-18/h3-11,15,22H,12-14H2,1-2H3/t15-/m1/s1. The summed E-state index contributed by atoms with van der Waals surface area (Å²) in [6.07, 6.45) is -1.17. The highest BCUT2D eigenvalue weighted by molar-refractivity contribution is 7.89. The van der Waals surface area contributed by atoms with Gasteiger partial charge in [-0.3, -0.25) is 9.59 Å². The Morgan fingerprint density at radius 1 is 1.10 bits per heavy atom. The van der Waals surface area contributed by atoms with Gasteiger partial charge in [0.05, 0.1) is 11.3 Å². The van der Waals surface area contributed by atoms with E-state index in [0.717, 1.165) is 5.56 Å². The smallest absolute Gasteiger partial charge is 0.307 e. The monoisotopic (exact) mass is 438 g/mol. The third-order valence-electron chi connectivity index (χ3n) is 4.04. The number of nitrogens with zero attached hydrogens (tertiary/aromatic N) is 1. The number of sulfonamides is 1. The van der Waals surface area contributed by atoms with Crippen molar-refractivity contribution in [2.75, 3.05) is 13.6 Å². The first kappa shape index (κ1) is 22.9. The van der Waals surface area contributed by atoms with E-state index in [0.29, 0.717) is 11.6 Å². The van der Waals surface area contributed by atoms with E-state index in [1.54, 1.807) is 7.05 Å². The van der Waals surface area contributed by atoms with Crippen molar-refractivity contribution in [3.63, 3.8) is 0 Å². The van der Waals surface area contributed by atoms with Crippen molar-refractivity contribution in [1.29, 1.82) is 0 Å². The highest BCUT2D eigenvalue weighted by Gasteiger charge is 2.22. The molecule has 9 heteroatoms. The predicted octanol–water partition coefficient (Wildman–Crippen LogP) is 2.60. The minimum Gasteiger partial charge on any atom is -0.452 e. The lowest BCUT2D eigenvalue weighted by molar-refractivity contribution is -0.158. The van der Waals surface area contributed by atoms with E-state index < -0.39 is 22.1 Å². The number of amides is 1. The van der Waals surface area contributed by atoms with Crippen LogP contribution in [0.4, 0.5) is 0 Å². The summed E-state index contributed by atoms with van der Waals surface area (Å²) in [6.45, 7) is 1.73. The minimum absolute atomic E-state index is 0.0429. The highest BCUT2D eigenvalue weighted by atomic mass is 35.5. The molecule has 2 aromatic rings. The van der Waals surface area contributed by atoms with E-state index in [9.17, 15) is 18.0 Å². The second-order valence-electron chi connectivity index (χ2n) is 6.41. The maximum Gasteiger partial charge on any atom is 0.307 e. The molecule has 2 aromatic carbocycles. The number of carbonyl (C=O) groups is 2. The number of benzene rings is 2. The van der Waals surface area contributed by atoms with Crippen molar-refractivity contribution in [2.24, 2.45) is 0 Å². The molecule has 0 aromatic heterocycles. The second kappa shape index (κ2) is 10.4. The van der Waals surface area contributed by atoms with Gasteiger partial charge in [-0.1, -0.05) is 41.9 Å². The molecule has 0 fully saturated rings. The second-order valence-corrected chi connectivity index (χ2v) is 8.62. The number of likely N-dealkylation sites (N-methyl/N-ethyl adjacent to an activating group) is 1. The van der Waals surface area contributed by atoms with Crippen molar-refractivity contribution in [3.05, 3.63) is 65.2 Å². The summed E-state index contributed by atoms with van der Waals surface area (Å²) in [5.41, 5.74) is 0.957. The predicted molar refractivity (Wildman–Crippen MR) is 110 cm³/mol. The molecule has 156 valence electrons. The minimum atomic E-state index is -3.76. The van der Waals surface area contributed by atoms with E-state index in [2.05, 4.69) is 4.72 Å². The largest absolute Gasteiger partial charge is 0.452 e. The molecule has 0 radical (unpaired) electrons. The van der Waals surface area contributed by atoms with Gasteiger partial charge in [-0.05, 0) is 36.8 Å². The Bertz CT molecular complexity index is 933.